The lowest BCUT2D eigenvalue weighted by molar-refractivity contribution is 0.601. The molecule has 1 aliphatic rings. The molecule has 1 aromatic carbocycles. The van der Waals surface area contributed by atoms with Crippen LogP contribution in [-0.4, -0.2) is 13.4 Å². The normalized spacial score (nSPS) is 14.1. The molecule has 0 amide bonds. The number of aryl methyl sites for hydroxylation is 2. The van der Waals surface area contributed by atoms with Crippen molar-refractivity contribution in [2.75, 3.05) is 10.1 Å². The van der Waals surface area contributed by atoms with Crippen molar-refractivity contribution < 1.29 is 8.42 Å². The van der Waals surface area contributed by atoms with Crippen LogP contribution < -0.4 is 16.0 Å². The molecular formula is C12H14N4O2S2. The average molecular weight is 310 g/mol. The number of hydrogen-bond acceptors (Lipinski definition) is 6. The van der Waals surface area contributed by atoms with E-state index in [4.69, 9.17) is 5.84 Å². The number of fused-ring (bicyclic) bond motifs is 1. The van der Waals surface area contributed by atoms with Crippen molar-refractivity contribution in [2.45, 2.75) is 24.2 Å². The smallest absolute Gasteiger partial charge is 0.263 e. The van der Waals surface area contributed by atoms with Gasteiger partial charge in [-0.15, -0.1) is 11.3 Å². The van der Waals surface area contributed by atoms with Crippen LogP contribution in [0.15, 0.2) is 29.2 Å². The van der Waals surface area contributed by atoms with Crippen molar-refractivity contribution in [1.82, 2.24) is 4.98 Å². The Kier molecular flexibility index (Phi) is 3.36. The van der Waals surface area contributed by atoms with Gasteiger partial charge in [-0.25, -0.2) is 13.4 Å². The number of nitrogens with two attached hydrogens (primary N) is 1. The minimum Gasteiger partial charge on any atom is -0.324 e. The number of rotatable bonds is 4. The van der Waals surface area contributed by atoms with Crippen LogP contribution >= 0.6 is 11.3 Å². The van der Waals surface area contributed by atoms with Crippen molar-refractivity contribution in [3.05, 3.63) is 34.8 Å². The molecule has 0 fully saturated rings. The summed E-state index contributed by atoms with van der Waals surface area (Å²) in [5.74, 6) is 5.25. The third-order valence-electron chi connectivity index (χ3n) is 3.15. The molecule has 0 bridgehead atoms. The Morgan fingerprint density at radius 1 is 1.20 bits per heavy atom. The van der Waals surface area contributed by atoms with Crippen LogP contribution in [0, 0.1) is 0 Å². The van der Waals surface area contributed by atoms with Crippen LogP contribution in [0.4, 0.5) is 10.8 Å². The number of hydrazine groups is 1. The molecule has 0 atom stereocenters. The Hall–Kier alpha value is -1.64. The van der Waals surface area contributed by atoms with Crippen molar-refractivity contribution in [3.63, 3.8) is 0 Å². The number of aromatic nitrogens is 1. The van der Waals surface area contributed by atoms with Crippen LogP contribution in [0.3, 0.4) is 0 Å². The number of sulfonamides is 1. The maximum atomic E-state index is 12.2. The highest BCUT2D eigenvalue weighted by atomic mass is 32.2. The second kappa shape index (κ2) is 5.04. The number of nitrogen functional groups attached to an aromatic ring is 1. The van der Waals surface area contributed by atoms with Gasteiger partial charge >= 0.3 is 0 Å². The lowest BCUT2D eigenvalue weighted by atomic mass is 10.3. The van der Waals surface area contributed by atoms with Gasteiger partial charge in [0.05, 0.1) is 10.6 Å². The van der Waals surface area contributed by atoms with E-state index in [9.17, 15) is 8.42 Å². The van der Waals surface area contributed by atoms with Crippen molar-refractivity contribution in [3.8, 4) is 0 Å². The van der Waals surface area contributed by atoms with Crippen molar-refractivity contribution >= 4 is 32.2 Å². The van der Waals surface area contributed by atoms with Gasteiger partial charge in [0.2, 0.25) is 0 Å². The topological polar surface area (TPSA) is 97.1 Å². The lowest BCUT2D eigenvalue weighted by Crippen LogP contribution is -2.13. The van der Waals surface area contributed by atoms with Gasteiger partial charge in [0.25, 0.3) is 10.0 Å². The quantitative estimate of drug-likeness (QED) is 0.590. The molecule has 1 aliphatic carbocycles. The average Bonchev–Trinajstić information content (AvgIpc) is 2.99. The van der Waals surface area contributed by atoms with Gasteiger partial charge in [0, 0.05) is 10.6 Å². The minimum atomic E-state index is -3.60. The monoisotopic (exact) mass is 310 g/mol. The first-order valence-corrected chi connectivity index (χ1v) is 8.46. The third-order valence-corrected chi connectivity index (χ3v) is 5.71. The highest BCUT2D eigenvalue weighted by Crippen LogP contribution is 2.31. The van der Waals surface area contributed by atoms with Gasteiger partial charge in [-0.3, -0.25) is 10.6 Å². The van der Waals surface area contributed by atoms with E-state index in [1.54, 1.807) is 12.1 Å². The van der Waals surface area contributed by atoms with Crippen LogP contribution in [0.2, 0.25) is 0 Å². The molecule has 2 aromatic rings. The molecule has 3 rings (SSSR count). The summed E-state index contributed by atoms with van der Waals surface area (Å²) in [5, 5.41) is 0.440. The van der Waals surface area contributed by atoms with Crippen molar-refractivity contribution in [1.29, 1.82) is 0 Å². The fraction of sp³-hybridized carbons (Fsp3) is 0.250. The van der Waals surface area contributed by atoms with Gasteiger partial charge in [0.1, 0.15) is 0 Å². The van der Waals surface area contributed by atoms with Crippen LogP contribution in [0.1, 0.15) is 17.0 Å². The third kappa shape index (κ3) is 2.49. The predicted octanol–water partition coefficient (Wildman–Crippen LogP) is 1.72. The first kappa shape index (κ1) is 13.3. The number of hydrogen-bond donors (Lipinski definition) is 3. The highest BCUT2D eigenvalue weighted by molar-refractivity contribution is 7.93. The summed E-state index contributed by atoms with van der Waals surface area (Å²) < 4.78 is 27.0. The van der Waals surface area contributed by atoms with E-state index in [2.05, 4.69) is 15.1 Å². The summed E-state index contributed by atoms with van der Waals surface area (Å²) in [6.45, 7) is 0. The van der Waals surface area contributed by atoms with Crippen LogP contribution in [-0.2, 0) is 22.9 Å². The number of anilines is 2. The Balaban J connectivity index is 1.83. The molecular weight excluding hydrogens is 296 g/mol. The Morgan fingerprint density at radius 3 is 2.60 bits per heavy atom. The van der Waals surface area contributed by atoms with Gasteiger partial charge in [-0.1, -0.05) is 0 Å². The van der Waals surface area contributed by atoms with E-state index in [0.717, 1.165) is 25.0 Å². The fourth-order valence-electron chi connectivity index (χ4n) is 2.14. The molecule has 0 spiro atoms. The van der Waals surface area contributed by atoms with E-state index < -0.39 is 10.0 Å². The maximum Gasteiger partial charge on any atom is 0.263 e. The molecule has 0 radical (unpaired) electrons. The van der Waals surface area contributed by atoms with Gasteiger partial charge < -0.3 is 5.43 Å². The largest absolute Gasteiger partial charge is 0.324 e. The van der Waals surface area contributed by atoms with Crippen molar-refractivity contribution in [2.24, 2.45) is 5.84 Å². The van der Waals surface area contributed by atoms with Gasteiger partial charge in [-0.05, 0) is 43.5 Å². The zero-order valence-corrected chi connectivity index (χ0v) is 12.2. The lowest BCUT2D eigenvalue weighted by Gasteiger charge is -2.06. The Bertz CT molecular complexity index is 701. The standard InChI is InChI=1S/C12H14N4O2S2/c13-15-8-4-6-9(7-5-8)20(17,18)16-12-14-10-2-1-3-11(10)19-12/h4-7,15H,1-3,13H2,(H,14,16). The molecule has 0 aliphatic heterocycles. The van der Waals surface area contributed by atoms with E-state index in [-0.39, 0.29) is 4.90 Å². The summed E-state index contributed by atoms with van der Waals surface area (Å²) in [7, 11) is -3.60. The van der Waals surface area contributed by atoms with Gasteiger partial charge in [0.15, 0.2) is 5.13 Å². The number of nitrogens with one attached hydrogen (secondary N) is 2. The summed E-state index contributed by atoms with van der Waals surface area (Å²) in [4.78, 5) is 5.70. The number of thiazole rings is 1. The van der Waals surface area contributed by atoms with Crippen LogP contribution in [0.25, 0.3) is 0 Å². The minimum absolute atomic E-state index is 0.187. The molecule has 1 heterocycles. The van der Waals surface area contributed by atoms with Crippen LogP contribution in [0.5, 0.6) is 0 Å². The molecule has 106 valence electrons. The zero-order valence-electron chi connectivity index (χ0n) is 10.6. The highest BCUT2D eigenvalue weighted by Gasteiger charge is 2.20. The molecule has 6 nitrogen and oxygen atoms in total. The SMILES string of the molecule is NNc1ccc(S(=O)(=O)Nc2nc3c(s2)CCC3)cc1. The summed E-state index contributed by atoms with van der Waals surface area (Å²) >= 11 is 1.42. The maximum absolute atomic E-state index is 12.2. The van der Waals surface area contributed by atoms with E-state index in [1.807, 2.05) is 0 Å². The molecule has 8 heteroatoms. The zero-order chi connectivity index (χ0) is 14.2. The predicted molar refractivity (Wildman–Crippen MR) is 79.2 cm³/mol. The summed E-state index contributed by atoms with van der Waals surface area (Å²) in [6.07, 6.45) is 3.03. The molecule has 0 saturated heterocycles. The number of nitrogens with zero attached hydrogens (tertiary/aromatic N) is 1. The summed E-state index contributed by atoms with van der Waals surface area (Å²) in [5.41, 5.74) is 4.13. The fourth-order valence-corrected chi connectivity index (χ4v) is 4.42. The Morgan fingerprint density at radius 2 is 1.95 bits per heavy atom. The molecule has 0 unspecified atom stereocenters. The molecule has 0 saturated carbocycles. The molecule has 20 heavy (non-hydrogen) atoms. The number of benzene rings is 1. The van der Waals surface area contributed by atoms with E-state index in [0.29, 0.717) is 10.8 Å². The molecule has 4 N–H and O–H groups in total. The first-order valence-electron chi connectivity index (χ1n) is 6.16. The molecule has 1 aromatic heterocycles. The van der Waals surface area contributed by atoms with E-state index >= 15 is 0 Å². The first-order chi connectivity index (χ1) is 9.58. The second-order valence-electron chi connectivity index (χ2n) is 4.52. The van der Waals surface area contributed by atoms with E-state index in [1.165, 1.54) is 28.3 Å². The second-order valence-corrected chi connectivity index (χ2v) is 7.28. The van der Waals surface area contributed by atoms with Gasteiger partial charge in [-0.2, -0.15) is 0 Å². The summed E-state index contributed by atoms with van der Waals surface area (Å²) in [6, 6.07) is 6.21. The Labute approximate surface area is 121 Å².